The summed E-state index contributed by atoms with van der Waals surface area (Å²) in [6, 6.07) is 0. The Kier molecular flexibility index (Phi) is 6.05. The van der Waals surface area contributed by atoms with E-state index < -0.39 is 34.1 Å². The smallest absolute Gasteiger partial charge is 0.249 e. The molecule has 0 aliphatic rings. The van der Waals surface area contributed by atoms with Gasteiger partial charge in [0.05, 0.1) is 0 Å². The number of unbranched alkanes of at least 4 members (excludes halogenated alkanes) is 1. The predicted octanol–water partition coefficient (Wildman–Crippen LogP) is -2.47. The lowest BCUT2D eigenvalue weighted by molar-refractivity contribution is -0.270. The van der Waals surface area contributed by atoms with Crippen molar-refractivity contribution in [3.05, 3.63) is 20.4 Å². The molecule has 0 fully saturated rings. The number of hydrogen-bond donors (Lipinski definition) is 4. The van der Waals surface area contributed by atoms with Crippen LogP contribution in [0.1, 0.15) is 32.6 Å². The van der Waals surface area contributed by atoms with Crippen molar-refractivity contribution in [3.63, 3.8) is 0 Å². The van der Waals surface area contributed by atoms with E-state index in [1.807, 2.05) is 0 Å². The number of nitrogens with one attached hydrogen (secondary N) is 4. The summed E-state index contributed by atoms with van der Waals surface area (Å²) in [5.41, 5.74) is 6.01. The van der Waals surface area contributed by atoms with E-state index in [0.717, 1.165) is 0 Å². The fourth-order valence-electron chi connectivity index (χ4n) is 1.47. The van der Waals surface area contributed by atoms with Crippen LogP contribution in [0.2, 0.25) is 0 Å². The number of rotatable bonds is 7. The van der Waals surface area contributed by atoms with Crippen LogP contribution in [0.15, 0.2) is 9.59 Å². The van der Waals surface area contributed by atoms with Gasteiger partial charge in [-0.2, -0.15) is 0 Å². The lowest BCUT2D eigenvalue weighted by Gasteiger charge is -2.16. The Bertz CT molecular complexity index is 646. The summed E-state index contributed by atoms with van der Waals surface area (Å²) in [5.74, 6) is -2.22. The van der Waals surface area contributed by atoms with Gasteiger partial charge in [-0.25, -0.2) is 0 Å². The zero-order valence-electron chi connectivity index (χ0n) is 11.8. The van der Waals surface area contributed by atoms with Crippen molar-refractivity contribution in [1.82, 2.24) is 16.3 Å². The molecule has 1 aromatic rings. The van der Waals surface area contributed by atoms with E-state index >= 15 is 0 Å². The fourth-order valence-corrected chi connectivity index (χ4v) is 1.47. The molecular formula is C12H15N4O6-. The summed E-state index contributed by atoms with van der Waals surface area (Å²) in [4.78, 5) is 54.7. The molecule has 10 nitrogen and oxygen atoms in total. The third-order valence-corrected chi connectivity index (χ3v) is 2.63. The van der Waals surface area contributed by atoms with Crippen molar-refractivity contribution in [2.45, 2.75) is 32.6 Å². The summed E-state index contributed by atoms with van der Waals surface area (Å²) in [5, 5.41) is 10.9. The van der Waals surface area contributed by atoms with E-state index in [1.54, 1.807) is 0 Å². The highest BCUT2D eigenvalue weighted by Gasteiger charge is 2.13. The van der Waals surface area contributed by atoms with Gasteiger partial charge >= 0.3 is 0 Å². The van der Waals surface area contributed by atoms with Gasteiger partial charge in [-0.15, -0.1) is 0 Å². The second-order valence-corrected chi connectivity index (χ2v) is 4.47. The number of amides is 3. The second-order valence-electron chi connectivity index (χ2n) is 4.47. The minimum atomic E-state index is -1.11. The molecule has 0 unspecified atom stereocenters. The summed E-state index contributed by atoms with van der Waals surface area (Å²) < 4.78 is 0. The van der Waals surface area contributed by atoms with E-state index in [2.05, 4.69) is 21.7 Å². The molecule has 1 aromatic carbocycles. The lowest BCUT2D eigenvalue weighted by Crippen LogP contribution is -2.42. The largest absolute Gasteiger partial charge is 0.868 e. The zero-order chi connectivity index (χ0) is 16.7. The Morgan fingerprint density at radius 3 is 1.95 bits per heavy atom. The minimum Gasteiger partial charge on any atom is -0.868 e. The average Bonchev–Trinajstić information content (AvgIpc) is 2.49. The van der Waals surface area contributed by atoms with Crippen molar-refractivity contribution in [2.24, 2.45) is 0 Å². The first-order valence-electron chi connectivity index (χ1n) is 6.43. The molecule has 3 amide bonds. The summed E-state index contributed by atoms with van der Waals surface area (Å²) in [6.07, 6.45) is 0.983. The van der Waals surface area contributed by atoms with Gasteiger partial charge in [0.25, 0.3) is 0 Å². The molecule has 0 saturated carbocycles. The van der Waals surface area contributed by atoms with Crippen LogP contribution in [-0.4, -0.2) is 17.7 Å². The zero-order valence-corrected chi connectivity index (χ0v) is 11.8. The third kappa shape index (κ3) is 4.89. The first-order valence-corrected chi connectivity index (χ1v) is 6.43. The Labute approximate surface area is 124 Å². The van der Waals surface area contributed by atoms with Crippen LogP contribution >= 0.6 is 0 Å². The number of hydrogen-bond acceptors (Lipinski definition) is 7. The molecule has 4 N–H and O–H groups in total. The number of carbonyl (C=O) groups is 3. The molecule has 0 saturated heterocycles. The Hall–Kier alpha value is -2.91. The molecule has 0 bridgehead atoms. The van der Waals surface area contributed by atoms with Crippen LogP contribution in [0.5, 0.6) is 5.75 Å². The van der Waals surface area contributed by atoms with Crippen molar-refractivity contribution in [2.75, 3.05) is 5.43 Å². The third-order valence-electron chi connectivity index (χ3n) is 2.63. The van der Waals surface area contributed by atoms with Gasteiger partial charge in [-0.3, -0.25) is 45.7 Å². The maximum absolute atomic E-state index is 11.4. The van der Waals surface area contributed by atoms with Gasteiger partial charge in [-0.1, -0.05) is 0 Å². The number of anilines is 1. The van der Waals surface area contributed by atoms with Gasteiger partial charge in [0.2, 0.25) is 28.6 Å². The second kappa shape index (κ2) is 7.76. The van der Waals surface area contributed by atoms with Crippen molar-refractivity contribution in [1.29, 1.82) is 0 Å². The molecule has 1 rings (SSSR count). The molecule has 120 valence electrons. The van der Waals surface area contributed by atoms with E-state index in [4.69, 9.17) is 0 Å². The van der Waals surface area contributed by atoms with Crippen LogP contribution in [0, 0.1) is 0 Å². The van der Waals surface area contributed by atoms with Crippen LogP contribution in [-0.2, 0) is 14.4 Å². The highest BCUT2D eigenvalue weighted by atomic mass is 16.3. The number of hydrazine groups is 2. The molecule has 0 heterocycles. The van der Waals surface area contributed by atoms with Crippen molar-refractivity contribution >= 4 is 23.4 Å². The Morgan fingerprint density at radius 1 is 0.909 bits per heavy atom. The highest BCUT2D eigenvalue weighted by Crippen LogP contribution is 2.09. The first kappa shape index (κ1) is 17.1. The van der Waals surface area contributed by atoms with Crippen LogP contribution in [0.25, 0.3) is 0 Å². The molecule has 10 heteroatoms. The van der Waals surface area contributed by atoms with Gasteiger partial charge in [-0.05, 0) is 18.6 Å². The van der Waals surface area contributed by atoms with Crippen molar-refractivity contribution < 1.29 is 19.5 Å². The van der Waals surface area contributed by atoms with Gasteiger partial charge in [0.15, 0.2) is 0 Å². The Balaban J connectivity index is 2.14. The molecule has 0 spiro atoms. The molecule has 0 aliphatic heterocycles. The van der Waals surface area contributed by atoms with Crippen LogP contribution in [0.3, 0.4) is 0 Å². The summed E-state index contributed by atoms with van der Waals surface area (Å²) in [7, 11) is 0. The summed E-state index contributed by atoms with van der Waals surface area (Å²) >= 11 is 0. The topological polar surface area (TPSA) is 157 Å². The van der Waals surface area contributed by atoms with Gasteiger partial charge in [0, 0.05) is 19.8 Å². The predicted molar refractivity (Wildman–Crippen MR) is 73.0 cm³/mol. The fraction of sp³-hybridized carbons (Fsp3) is 0.417. The maximum Gasteiger partial charge on any atom is 0.249 e. The average molecular weight is 311 g/mol. The van der Waals surface area contributed by atoms with Gasteiger partial charge < -0.3 is 5.11 Å². The van der Waals surface area contributed by atoms with E-state index in [1.165, 1.54) is 6.92 Å². The lowest BCUT2D eigenvalue weighted by atomic mass is 10.2. The van der Waals surface area contributed by atoms with E-state index in [9.17, 15) is 29.1 Å². The van der Waals surface area contributed by atoms with Crippen molar-refractivity contribution in [3.8, 4) is 5.75 Å². The summed E-state index contributed by atoms with van der Waals surface area (Å²) in [6.45, 7) is 1.25. The molecular weight excluding hydrogens is 296 g/mol. The SMILES string of the molecule is CC(=O)NNC(=O)CCCCC(=O)NNc1c([O-])c(=O)c1=O. The quantitative estimate of drug-likeness (QED) is 0.247. The standard InChI is InChI=1S/C12H16N4O6/c1-6(17)13-14-7(18)4-2-3-5-8(19)15-16-9-10(20)12(22)11(9)21/h16,20H,2-5H2,1H3,(H,13,17)(H,14,18)(H,15,19)/p-1. The highest BCUT2D eigenvalue weighted by molar-refractivity contribution is 5.81. The Morgan fingerprint density at radius 2 is 1.45 bits per heavy atom. The molecule has 22 heavy (non-hydrogen) atoms. The maximum atomic E-state index is 11.4. The van der Waals surface area contributed by atoms with E-state index in [0.29, 0.717) is 12.8 Å². The molecule has 0 aliphatic carbocycles. The number of carbonyl (C=O) groups excluding carboxylic acids is 3. The normalized spacial score (nSPS) is 10.0. The van der Waals surface area contributed by atoms with Crippen LogP contribution in [0.4, 0.5) is 5.69 Å². The van der Waals surface area contributed by atoms with E-state index in [-0.39, 0.29) is 18.7 Å². The molecule has 0 radical (unpaired) electrons. The minimum absolute atomic E-state index is 0.0595. The van der Waals surface area contributed by atoms with Crippen LogP contribution < -0.4 is 37.7 Å². The molecule has 0 atom stereocenters. The van der Waals surface area contributed by atoms with Gasteiger partial charge in [0.1, 0.15) is 5.69 Å². The monoisotopic (exact) mass is 311 g/mol. The molecule has 0 aromatic heterocycles. The first-order chi connectivity index (χ1) is 10.3.